The van der Waals surface area contributed by atoms with Gasteiger partial charge in [0, 0.05) is 49.0 Å². The van der Waals surface area contributed by atoms with Crippen LogP contribution in [-0.4, -0.2) is 93.7 Å². The first-order valence-corrected chi connectivity index (χ1v) is 20.9. The maximum atomic E-state index is 15.0. The molecule has 0 unspecified atom stereocenters. The molecule has 288 valence electrons. The molecule has 3 heterocycles. The van der Waals surface area contributed by atoms with Gasteiger partial charge in [-0.15, -0.1) is 0 Å². The maximum absolute atomic E-state index is 15.0. The zero-order valence-corrected chi connectivity index (χ0v) is 31.7. The van der Waals surface area contributed by atoms with Crippen molar-refractivity contribution in [3.05, 3.63) is 96.8 Å². The fraction of sp³-hybridized carbons (Fsp3) is 0.476. The van der Waals surface area contributed by atoms with Gasteiger partial charge in [0.1, 0.15) is 5.82 Å². The monoisotopic (exact) mass is 757 g/mol. The summed E-state index contributed by atoms with van der Waals surface area (Å²) in [5.74, 6) is 0.244. The molecule has 3 aromatic rings. The number of rotatable bonds is 13. The van der Waals surface area contributed by atoms with Crippen LogP contribution in [0, 0.1) is 23.6 Å². The molecule has 2 amide bonds. The third kappa shape index (κ3) is 8.06. The molecule has 1 aliphatic carbocycles. The van der Waals surface area contributed by atoms with Gasteiger partial charge < -0.3 is 30.4 Å². The molecular formula is C42H52FN5O5S. The number of hydrogen-bond donors (Lipinski definition) is 3. The normalized spacial score (nSPS) is 23.7. The van der Waals surface area contributed by atoms with Crippen molar-refractivity contribution in [1.29, 1.82) is 0 Å². The fourth-order valence-corrected chi connectivity index (χ4v) is 11.1. The lowest BCUT2D eigenvalue weighted by molar-refractivity contribution is -0.111. The largest absolute Gasteiger partial charge is 0.465 e. The van der Waals surface area contributed by atoms with E-state index in [1.54, 1.807) is 30.3 Å². The molecule has 7 rings (SSSR count). The Labute approximate surface area is 318 Å². The lowest BCUT2D eigenvalue weighted by atomic mass is 9.57. The minimum Gasteiger partial charge on any atom is -0.465 e. The summed E-state index contributed by atoms with van der Waals surface area (Å²) in [7, 11) is -3.78. The Morgan fingerprint density at radius 2 is 1.63 bits per heavy atom. The zero-order chi connectivity index (χ0) is 37.9. The fourth-order valence-electron chi connectivity index (χ4n) is 9.80. The van der Waals surface area contributed by atoms with Crippen LogP contribution in [0.15, 0.2) is 95.2 Å². The molecule has 12 heteroatoms. The first kappa shape index (κ1) is 38.0. The number of piperidine rings is 1. The number of likely N-dealkylation sites (tertiary alicyclic amines) is 2. The van der Waals surface area contributed by atoms with Crippen LogP contribution in [0.5, 0.6) is 0 Å². The van der Waals surface area contributed by atoms with Crippen molar-refractivity contribution < 1.29 is 27.5 Å². The van der Waals surface area contributed by atoms with E-state index in [0.717, 1.165) is 115 Å². The second kappa shape index (κ2) is 16.2. The zero-order valence-electron chi connectivity index (χ0n) is 30.8. The molecule has 1 saturated carbocycles. The molecule has 0 spiro atoms. The van der Waals surface area contributed by atoms with Crippen LogP contribution in [0.2, 0.25) is 0 Å². The highest BCUT2D eigenvalue weighted by Gasteiger charge is 2.53. The Hall–Kier alpha value is -4.26. The maximum Gasteiger partial charge on any atom is 0.404 e. The van der Waals surface area contributed by atoms with E-state index in [4.69, 9.17) is 0 Å². The highest BCUT2D eigenvalue weighted by molar-refractivity contribution is 7.91. The second-order valence-electron chi connectivity index (χ2n) is 15.7. The van der Waals surface area contributed by atoms with Crippen molar-refractivity contribution in [3.8, 4) is 0 Å². The molecule has 3 saturated heterocycles. The van der Waals surface area contributed by atoms with Crippen molar-refractivity contribution in [2.75, 3.05) is 62.6 Å². The molecule has 3 aliphatic heterocycles. The molecule has 0 aromatic heterocycles. The molecule has 3 aromatic carbocycles. The number of carbonyl (C=O) groups excluding carboxylic acids is 1. The summed E-state index contributed by atoms with van der Waals surface area (Å²) in [6, 6.07) is 20.3. The predicted octanol–water partition coefficient (Wildman–Crippen LogP) is 6.40. The van der Waals surface area contributed by atoms with E-state index in [-0.39, 0.29) is 33.0 Å². The van der Waals surface area contributed by atoms with Crippen LogP contribution in [-0.2, 0) is 20.0 Å². The van der Waals surface area contributed by atoms with E-state index in [9.17, 15) is 27.5 Å². The van der Waals surface area contributed by atoms with E-state index >= 15 is 0 Å². The number of anilines is 2. The van der Waals surface area contributed by atoms with Gasteiger partial charge in [-0.2, -0.15) is 0 Å². The summed E-state index contributed by atoms with van der Waals surface area (Å²) >= 11 is 0. The number of nitrogens with one attached hydrogen (secondary N) is 2. The first-order chi connectivity index (χ1) is 26.0. The standard InChI is InChI=1S/C42H52FN5O5S/c1-2-40(49)44-34-9-4-10-37(26-34)54(52,53)36-15-13-35(14-16-36)48-24-17-30(28-48)27-46-22-18-31(19-23-46)42(29-47-20-6-21-47,32-7-3-8-33(43)25-32)38-11-5-12-39(38)45-41(50)51/h2-4,7-10,13-16,25-26,30-31,38-39,45H,1,5-6,11-12,17-24,27-29H2,(H,44,49)(H,50,51)/t30-,38-,39-,42-/m0/s1. The molecule has 4 aliphatic rings. The van der Waals surface area contributed by atoms with E-state index in [1.165, 1.54) is 18.2 Å². The van der Waals surface area contributed by atoms with Crippen LogP contribution in [0.4, 0.5) is 20.6 Å². The number of nitrogens with zero attached hydrogens (tertiary/aromatic N) is 3. The van der Waals surface area contributed by atoms with E-state index < -0.39 is 21.8 Å². The minimum atomic E-state index is -3.78. The van der Waals surface area contributed by atoms with Crippen molar-refractivity contribution in [1.82, 2.24) is 15.1 Å². The van der Waals surface area contributed by atoms with Gasteiger partial charge in [-0.05, 0) is 149 Å². The van der Waals surface area contributed by atoms with Crippen molar-refractivity contribution >= 4 is 33.2 Å². The molecule has 54 heavy (non-hydrogen) atoms. The van der Waals surface area contributed by atoms with Crippen molar-refractivity contribution in [3.63, 3.8) is 0 Å². The summed E-state index contributed by atoms with van der Waals surface area (Å²) in [5.41, 5.74) is 2.06. The Bertz CT molecular complexity index is 1930. The minimum absolute atomic E-state index is 0.104. The molecule has 0 radical (unpaired) electrons. The van der Waals surface area contributed by atoms with Crippen LogP contribution in [0.25, 0.3) is 0 Å². The first-order valence-electron chi connectivity index (χ1n) is 19.4. The molecular weight excluding hydrogens is 706 g/mol. The smallest absolute Gasteiger partial charge is 0.404 e. The molecule has 10 nitrogen and oxygen atoms in total. The summed E-state index contributed by atoms with van der Waals surface area (Å²) in [6.45, 7) is 11.0. The van der Waals surface area contributed by atoms with E-state index in [0.29, 0.717) is 17.5 Å². The number of carboxylic acid groups (broad SMARTS) is 1. The third-order valence-electron chi connectivity index (χ3n) is 12.5. The van der Waals surface area contributed by atoms with Crippen LogP contribution >= 0.6 is 0 Å². The van der Waals surface area contributed by atoms with E-state index in [1.807, 2.05) is 18.2 Å². The van der Waals surface area contributed by atoms with Gasteiger partial charge in [-0.25, -0.2) is 17.6 Å². The van der Waals surface area contributed by atoms with Gasteiger partial charge in [0.25, 0.3) is 0 Å². The molecule has 4 fully saturated rings. The highest BCUT2D eigenvalue weighted by Crippen LogP contribution is 2.51. The number of carbonyl (C=O) groups is 2. The third-order valence-corrected chi connectivity index (χ3v) is 14.3. The van der Waals surface area contributed by atoms with Gasteiger partial charge in [-0.3, -0.25) is 4.79 Å². The summed E-state index contributed by atoms with van der Waals surface area (Å²) in [4.78, 5) is 31.4. The van der Waals surface area contributed by atoms with Crippen LogP contribution in [0.3, 0.4) is 0 Å². The van der Waals surface area contributed by atoms with Crippen LogP contribution < -0.4 is 15.5 Å². The number of benzene rings is 3. The quantitative estimate of drug-likeness (QED) is 0.171. The van der Waals surface area contributed by atoms with Gasteiger partial charge >= 0.3 is 6.09 Å². The summed E-state index contributed by atoms with van der Waals surface area (Å²) in [6.07, 6.45) is 7.04. The lowest BCUT2D eigenvalue weighted by Crippen LogP contribution is -2.59. The van der Waals surface area contributed by atoms with Gasteiger partial charge in [0.2, 0.25) is 15.7 Å². The molecule has 3 N–H and O–H groups in total. The Morgan fingerprint density at radius 1 is 0.870 bits per heavy atom. The number of amides is 2. The second-order valence-corrected chi connectivity index (χ2v) is 17.6. The topological polar surface area (TPSA) is 122 Å². The molecule has 4 atom stereocenters. The Morgan fingerprint density at radius 3 is 2.31 bits per heavy atom. The number of sulfone groups is 1. The van der Waals surface area contributed by atoms with Crippen molar-refractivity contribution in [2.45, 2.75) is 66.2 Å². The van der Waals surface area contributed by atoms with Crippen LogP contribution in [0.1, 0.15) is 50.5 Å². The summed E-state index contributed by atoms with van der Waals surface area (Å²) < 4.78 is 41.8. The predicted molar refractivity (Wildman–Crippen MR) is 208 cm³/mol. The SMILES string of the molecule is C=CC(=O)Nc1cccc(S(=O)(=O)c2ccc(N3CC[C@@H](CN4CCC([C@@](CN5CCC5)(c5cccc(F)c5)[C@H]5CCC[C@@H]5NC(=O)O)CC4)C3)cc2)c1. The Balaban J connectivity index is 1.01. The average molecular weight is 758 g/mol. The lowest BCUT2D eigenvalue weighted by Gasteiger charge is -2.53. The average Bonchev–Trinajstić information content (AvgIpc) is 3.82. The highest BCUT2D eigenvalue weighted by atomic mass is 32.2. The van der Waals surface area contributed by atoms with Gasteiger partial charge in [0.15, 0.2) is 0 Å². The number of halogens is 1. The van der Waals surface area contributed by atoms with Gasteiger partial charge in [-0.1, -0.05) is 31.2 Å². The van der Waals surface area contributed by atoms with Crippen molar-refractivity contribution in [2.24, 2.45) is 17.8 Å². The van der Waals surface area contributed by atoms with Gasteiger partial charge in [0.05, 0.1) is 9.79 Å². The Kier molecular flexibility index (Phi) is 11.4. The van der Waals surface area contributed by atoms with E-state index in [2.05, 4.69) is 38.0 Å². The number of hydrogen-bond acceptors (Lipinski definition) is 7. The summed E-state index contributed by atoms with van der Waals surface area (Å²) in [5, 5.41) is 15.3. The molecule has 0 bridgehead atoms.